The average molecular weight is 377 g/mol. The molecule has 0 spiro atoms. The van der Waals surface area contributed by atoms with Crippen LogP contribution in [0.3, 0.4) is 0 Å². The molecule has 4 nitrogen and oxygen atoms in total. The highest BCUT2D eigenvalue weighted by molar-refractivity contribution is 9.10. The van der Waals surface area contributed by atoms with E-state index in [1.165, 1.54) is 25.4 Å². The lowest BCUT2D eigenvalue weighted by Gasteiger charge is -2.15. The second kappa shape index (κ2) is 6.17. The molecule has 0 saturated carbocycles. The van der Waals surface area contributed by atoms with E-state index in [2.05, 4.69) is 25.6 Å². The van der Waals surface area contributed by atoms with E-state index < -0.39 is 27.7 Å². The standard InChI is InChI=1S/C13H11BrF2N2O2S/c1-8(12-5-10(15)2-3-13(12)16)18-21(19,20)11-4-9(14)6-17-7-11/h2-8,18H,1H3. The average Bonchev–Trinajstić information content (AvgIpc) is 2.41. The smallest absolute Gasteiger partial charge is 0.242 e. The molecule has 0 aliphatic heterocycles. The predicted molar refractivity (Wildman–Crippen MR) is 77.0 cm³/mol. The van der Waals surface area contributed by atoms with E-state index in [1.54, 1.807) is 0 Å². The summed E-state index contributed by atoms with van der Waals surface area (Å²) in [5.74, 6) is -1.32. The van der Waals surface area contributed by atoms with Crippen LogP contribution in [0.2, 0.25) is 0 Å². The van der Waals surface area contributed by atoms with Gasteiger partial charge in [0.25, 0.3) is 0 Å². The number of halogens is 3. The molecule has 1 N–H and O–H groups in total. The van der Waals surface area contributed by atoms with Gasteiger partial charge in [-0.25, -0.2) is 21.9 Å². The van der Waals surface area contributed by atoms with Gasteiger partial charge in [-0.1, -0.05) is 0 Å². The molecule has 0 radical (unpaired) electrons. The number of hydrogen-bond acceptors (Lipinski definition) is 3. The van der Waals surface area contributed by atoms with Gasteiger partial charge in [0.1, 0.15) is 16.5 Å². The van der Waals surface area contributed by atoms with E-state index in [1.807, 2.05) is 0 Å². The van der Waals surface area contributed by atoms with E-state index in [4.69, 9.17) is 0 Å². The second-order valence-electron chi connectivity index (χ2n) is 4.35. The summed E-state index contributed by atoms with van der Waals surface area (Å²) in [6.07, 6.45) is 2.61. The Hall–Kier alpha value is -1.38. The number of pyridine rings is 1. The van der Waals surface area contributed by atoms with Crippen molar-refractivity contribution in [3.05, 3.63) is 58.3 Å². The predicted octanol–water partition coefficient (Wildman–Crippen LogP) is 3.16. The summed E-state index contributed by atoms with van der Waals surface area (Å²) in [4.78, 5) is 3.69. The van der Waals surface area contributed by atoms with Crippen LogP contribution in [-0.4, -0.2) is 13.4 Å². The van der Waals surface area contributed by atoms with Crippen molar-refractivity contribution in [3.8, 4) is 0 Å². The van der Waals surface area contributed by atoms with Crippen LogP contribution >= 0.6 is 15.9 Å². The van der Waals surface area contributed by atoms with Gasteiger partial charge in [0.15, 0.2) is 0 Å². The van der Waals surface area contributed by atoms with Crippen LogP contribution in [0.25, 0.3) is 0 Å². The molecular weight excluding hydrogens is 366 g/mol. The Kier molecular flexibility index (Phi) is 4.70. The van der Waals surface area contributed by atoms with Gasteiger partial charge in [-0.2, -0.15) is 0 Å². The molecule has 21 heavy (non-hydrogen) atoms. The maximum Gasteiger partial charge on any atom is 0.242 e. The fraction of sp³-hybridized carbons (Fsp3) is 0.154. The van der Waals surface area contributed by atoms with E-state index in [9.17, 15) is 17.2 Å². The molecule has 1 atom stereocenters. The topological polar surface area (TPSA) is 59.1 Å². The zero-order valence-electron chi connectivity index (χ0n) is 10.8. The Balaban J connectivity index is 2.30. The van der Waals surface area contributed by atoms with Crippen LogP contribution in [0, 0.1) is 11.6 Å². The minimum atomic E-state index is -3.89. The molecule has 112 valence electrons. The quantitative estimate of drug-likeness (QED) is 0.891. The third-order valence-electron chi connectivity index (χ3n) is 2.75. The number of hydrogen-bond donors (Lipinski definition) is 1. The molecule has 0 bridgehead atoms. The summed E-state index contributed by atoms with van der Waals surface area (Å²) < 4.78 is 53.9. The molecule has 0 amide bonds. The fourth-order valence-corrected chi connectivity index (χ4v) is 3.48. The van der Waals surface area contributed by atoms with E-state index in [-0.39, 0.29) is 10.5 Å². The summed E-state index contributed by atoms with van der Waals surface area (Å²) in [7, 11) is -3.89. The maximum absolute atomic E-state index is 13.6. The van der Waals surface area contributed by atoms with Crippen LogP contribution in [0.4, 0.5) is 8.78 Å². The van der Waals surface area contributed by atoms with E-state index in [0.29, 0.717) is 4.47 Å². The number of aromatic nitrogens is 1. The molecule has 2 rings (SSSR count). The van der Waals surface area contributed by atoms with Gasteiger partial charge in [0.2, 0.25) is 10.0 Å². The molecule has 1 aromatic heterocycles. The van der Waals surface area contributed by atoms with Crippen molar-refractivity contribution in [1.82, 2.24) is 9.71 Å². The highest BCUT2D eigenvalue weighted by atomic mass is 79.9. The Morgan fingerprint density at radius 3 is 2.62 bits per heavy atom. The van der Waals surface area contributed by atoms with Crippen LogP contribution in [-0.2, 0) is 10.0 Å². The Morgan fingerprint density at radius 2 is 1.95 bits per heavy atom. The van der Waals surface area contributed by atoms with Crippen LogP contribution in [0.5, 0.6) is 0 Å². The van der Waals surface area contributed by atoms with Crippen LogP contribution in [0.1, 0.15) is 18.5 Å². The number of benzene rings is 1. The Bertz CT molecular complexity index is 769. The molecule has 1 heterocycles. The van der Waals surface area contributed by atoms with E-state index in [0.717, 1.165) is 18.2 Å². The SMILES string of the molecule is CC(NS(=O)(=O)c1cncc(Br)c1)c1cc(F)ccc1F. The zero-order valence-corrected chi connectivity index (χ0v) is 13.2. The molecule has 0 aliphatic carbocycles. The highest BCUT2D eigenvalue weighted by Gasteiger charge is 2.21. The maximum atomic E-state index is 13.6. The molecule has 2 aromatic rings. The molecule has 8 heteroatoms. The molecule has 0 aliphatic rings. The normalized spacial score (nSPS) is 13.1. The van der Waals surface area contributed by atoms with Crippen LogP contribution < -0.4 is 4.72 Å². The first-order chi connectivity index (χ1) is 9.79. The zero-order chi connectivity index (χ0) is 15.6. The lowest BCUT2D eigenvalue weighted by molar-refractivity contribution is 0.541. The van der Waals surface area contributed by atoms with Gasteiger partial charge in [0.05, 0.1) is 0 Å². The third kappa shape index (κ3) is 3.84. The van der Waals surface area contributed by atoms with Gasteiger partial charge in [-0.05, 0) is 47.1 Å². The summed E-state index contributed by atoms with van der Waals surface area (Å²) in [6.45, 7) is 1.43. The minimum absolute atomic E-state index is 0.0680. The number of rotatable bonds is 4. The van der Waals surface area contributed by atoms with Crippen molar-refractivity contribution in [1.29, 1.82) is 0 Å². The number of nitrogens with one attached hydrogen (secondary N) is 1. The third-order valence-corrected chi connectivity index (χ3v) is 4.69. The van der Waals surface area contributed by atoms with Gasteiger partial charge < -0.3 is 0 Å². The Morgan fingerprint density at radius 1 is 1.24 bits per heavy atom. The summed E-state index contributed by atoms with van der Waals surface area (Å²) in [6, 6.07) is 3.32. The van der Waals surface area contributed by atoms with Gasteiger partial charge in [-0.15, -0.1) is 0 Å². The summed E-state index contributed by atoms with van der Waals surface area (Å²) >= 11 is 3.12. The first kappa shape index (κ1) is 16.0. The van der Waals surface area contributed by atoms with Crippen molar-refractivity contribution in [2.45, 2.75) is 17.9 Å². The molecule has 1 unspecified atom stereocenters. The van der Waals surface area contributed by atoms with E-state index >= 15 is 0 Å². The molecule has 1 aromatic carbocycles. The molecule has 0 saturated heterocycles. The summed E-state index contributed by atoms with van der Waals surface area (Å²) in [5.41, 5.74) is -0.0680. The van der Waals surface area contributed by atoms with Crippen molar-refractivity contribution in [2.75, 3.05) is 0 Å². The minimum Gasteiger partial charge on any atom is -0.262 e. The molecular formula is C13H11BrF2N2O2S. The monoisotopic (exact) mass is 376 g/mol. The number of sulfonamides is 1. The molecule has 0 fully saturated rings. The van der Waals surface area contributed by atoms with Gasteiger partial charge in [-0.3, -0.25) is 4.98 Å². The Labute approximate surface area is 129 Å². The van der Waals surface area contributed by atoms with Crippen molar-refractivity contribution in [3.63, 3.8) is 0 Å². The second-order valence-corrected chi connectivity index (χ2v) is 6.98. The lowest BCUT2D eigenvalue weighted by Crippen LogP contribution is -2.27. The largest absolute Gasteiger partial charge is 0.262 e. The first-order valence-electron chi connectivity index (χ1n) is 5.87. The van der Waals surface area contributed by atoms with Crippen molar-refractivity contribution in [2.24, 2.45) is 0 Å². The fourth-order valence-electron chi connectivity index (χ4n) is 1.75. The van der Waals surface area contributed by atoms with Crippen LogP contribution in [0.15, 0.2) is 46.0 Å². The van der Waals surface area contributed by atoms with Crippen molar-refractivity contribution >= 4 is 26.0 Å². The summed E-state index contributed by atoms with van der Waals surface area (Å²) in [5, 5.41) is 0. The van der Waals surface area contributed by atoms with Crippen molar-refractivity contribution < 1.29 is 17.2 Å². The van der Waals surface area contributed by atoms with Gasteiger partial charge >= 0.3 is 0 Å². The first-order valence-corrected chi connectivity index (χ1v) is 8.15. The lowest BCUT2D eigenvalue weighted by atomic mass is 10.1. The van der Waals surface area contributed by atoms with Gasteiger partial charge in [0, 0.05) is 28.5 Å². The number of nitrogens with zero attached hydrogens (tertiary/aromatic N) is 1. The highest BCUT2D eigenvalue weighted by Crippen LogP contribution is 2.21.